The van der Waals surface area contributed by atoms with E-state index in [1.54, 1.807) is 6.92 Å². The molecule has 0 aliphatic carbocycles. The summed E-state index contributed by atoms with van der Waals surface area (Å²) in [7, 11) is -0.526. The molecule has 0 aromatic carbocycles. The molecule has 1 atom stereocenters. The van der Waals surface area contributed by atoms with E-state index in [0.29, 0.717) is 0 Å². The van der Waals surface area contributed by atoms with Gasteiger partial charge < -0.3 is 0 Å². The summed E-state index contributed by atoms with van der Waals surface area (Å²) in [4.78, 5) is 11.5. The molecule has 0 radical (unpaired) electrons. The zero-order valence-corrected chi connectivity index (χ0v) is 6.92. The Hall–Kier alpha value is -0.730. The zero-order valence-electron chi connectivity index (χ0n) is 5.21. The van der Waals surface area contributed by atoms with Crippen LogP contribution in [0.25, 0.3) is 0 Å². The van der Waals surface area contributed by atoms with Gasteiger partial charge in [-0.15, -0.1) is 4.37 Å². The molecule has 0 aliphatic rings. The summed E-state index contributed by atoms with van der Waals surface area (Å²) in [5, 5.41) is 8.43. The third-order valence-electron chi connectivity index (χ3n) is 1.17. The first-order valence-corrected chi connectivity index (χ1v) is 4.80. The number of hydrogen-bond acceptors (Lipinski definition) is 3. The summed E-state index contributed by atoms with van der Waals surface area (Å²) in [6.45, 7) is 1.73. The molecule has 0 saturated heterocycles. The van der Waals surface area contributed by atoms with E-state index in [0.717, 1.165) is 4.88 Å². The van der Waals surface area contributed by atoms with Gasteiger partial charge in [0.05, 0.1) is 0 Å². The third-order valence-corrected chi connectivity index (χ3v) is 3.43. The maximum Gasteiger partial charge on any atom is 0.312 e. The highest BCUT2D eigenvalue weighted by Crippen LogP contribution is 2.23. The molecular formula is C5H5N2OS2+. The minimum absolute atomic E-state index is 0.207. The first kappa shape index (κ1) is 7.38. The van der Waals surface area contributed by atoms with Gasteiger partial charge in [-0.25, -0.2) is 0 Å². The summed E-state index contributed by atoms with van der Waals surface area (Å²) in [5.74, 6) is 0. The zero-order chi connectivity index (χ0) is 7.72. The Balaban J connectivity index is 3.53. The fourth-order valence-corrected chi connectivity index (χ4v) is 1.89. The summed E-state index contributed by atoms with van der Waals surface area (Å²) in [6, 6.07) is 1.82. The first-order valence-electron chi connectivity index (χ1n) is 2.52. The van der Waals surface area contributed by atoms with Gasteiger partial charge in [0.1, 0.15) is 27.4 Å². The second kappa shape index (κ2) is 2.48. The maximum absolute atomic E-state index is 10.8. The van der Waals surface area contributed by atoms with Crippen molar-refractivity contribution < 1.29 is 0 Å². The van der Waals surface area contributed by atoms with Crippen LogP contribution in [0.5, 0.6) is 0 Å². The molecule has 1 aromatic heterocycles. The van der Waals surface area contributed by atoms with Crippen LogP contribution in [0.4, 0.5) is 0 Å². The number of rotatable bonds is 0. The molecular weight excluding hydrogens is 168 g/mol. The lowest BCUT2D eigenvalue weighted by atomic mass is 10.3. The summed E-state index contributed by atoms with van der Waals surface area (Å²) in [6.07, 6.45) is 0. The number of nitriles is 1. The molecule has 1 unspecified atom stereocenters. The normalized spacial score (nSPS) is 11.1. The van der Waals surface area contributed by atoms with E-state index in [2.05, 4.69) is 16.0 Å². The molecule has 52 valence electrons. The number of aromatic amines is 1. The van der Waals surface area contributed by atoms with E-state index < -0.39 is 9.70 Å². The Labute approximate surface area is 65.2 Å². The predicted octanol–water partition coefficient (Wildman–Crippen LogP) is 0.997. The van der Waals surface area contributed by atoms with Crippen LogP contribution in [0.2, 0.25) is 0 Å². The van der Waals surface area contributed by atoms with Crippen molar-refractivity contribution in [3.05, 3.63) is 20.8 Å². The standard InChI is InChI=1S/C5H4N2OS2/c1-3-4(2-6)5(8)7-10(3)9/h9H,1H3/p+1. The van der Waals surface area contributed by atoms with Crippen LogP contribution in [0, 0.1) is 18.3 Å². The average molecular weight is 173 g/mol. The molecule has 3 nitrogen and oxygen atoms in total. The van der Waals surface area contributed by atoms with Crippen molar-refractivity contribution in [2.75, 3.05) is 0 Å². The molecule has 0 fully saturated rings. The fraction of sp³-hybridized carbons (Fsp3) is 0.200. The quantitative estimate of drug-likeness (QED) is 0.349. The largest absolute Gasteiger partial charge is 0.312 e. The number of thiol groups is 1. The number of aromatic nitrogens is 1. The third kappa shape index (κ3) is 0.958. The molecule has 1 N–H and O–H groups in total. The lowest BCUT2D eigenvalue weighted by molar-refractivity contribution is 1.36. The van der Waals surface area contributed by atoms with Crippen molar-refractivity contribution in [1.82, 2.24) is 4.37 Å². The predicted molar refractivity (Wildman–Crippen MR) is 43.4 cm³/mol. The topological polar surface area (TPSA) is 56.6 Å². The summed E-state index contributed by atoms with van der Waals surface area (Å²) in [5.41, 5.74) is -0.100. The van der Waals surface area contributed by atoms with Crippen LogP contribution in [0.1, 0.15) is 10.4 Å². The molecule has 10 heavy (non-hydrogen) atoms. The molecule has 1 heterocycles. The molecule has 0 spiro atoms. The van der Waals surface area contributed by atoms with E-state index in [1.165, 1.54) is 0 Å². The molecule has 1 rings (SSSR count). The Morgan fingerprint density at radius 2 is 2.40 bits per heavy atom. The van der Waals surface area contributed by atoms with Crippen LogP contribution < -0.4 is 5.56 Å². The van der Waals surface area contributed by atoms with E-state index in [4.69, 9.17) is 5.26 Å². The number of H-pyrrole nitrogens is 1. The average Bonchev–Trinajstić information content (AvgIpc) is 2.09. The van der Waals surface area contributed by atoms with Crippen molar-refractivity contribution >= 4 is 21.4 Å². The SMILES string of the molecule is Cc1c(C#N)c(=O)[nH][s+]1S. The van der Waals surface area contributed by atoms with Crippen molar-refractivity contribution in [3.63, 3.8) is 0 Å². The lowest BCUT2D eigenvalue weighted by Crippen LogP contribution is -2.01. The Morgan fingerprint density at radius 3 is 2.60 bits per heavy atom. The van der Waals surface area contributed by atoms with Gasteiger partial charge in [0.15, 0.2) is 5.56 Å². The fourth-order valence-electron chi connectivity index (χ4n) is 0.601. The van der Waals surface area contributed by atoms with Gasteiger partial charge in [0.25, 0.3) is 0 Å². The number of hydrogen-bond donors (Lipinski definition) is 2. The van der Waals surface area contributed by atoms with Gasteiger partial charge >= 0.3 is 5.56 Å². The number of nitrogens with zero attached hydrogens (tertiary/aromatic N) is 1. The van der Waals surface area contributed by atoms with Gasteiger partial charge in [0.2, 0.25) is 4.88 Å². The first-order chi connectivity index (χ1) is 4.66. The highest BCUT2D eigenvalue weighted by Gasteiger charge is 2.17. The highest BCUT2D eigenvalue weighted by molar-refractivity contribution is 8.32. The van der Waals surface area contributed by atoms with Crippen molar-refractivity contribution in [2.45, 2.75) is 6.92 Å². The molecule has 0 aliphatic heterocycles. The maximum atomic E-state index is 10.8. The Bertz CT molecular complexity index is 344. The molecule has 5 heteroatoms. The van der Waals surface area contributed by atoms with Gasteiger partial charge in [-0.2, -0.15) is 5.26 Å². The van der Waals surface area contributed by atoms with Crippen LogP contribution >= 0.6 is 21.4 Å². The van der Waals surface area contributed by atoms with Crippen molar-refractivity contribution in [3.8, 4) is 6.07 Å². The van der Waals surface area contributed by atoms with Crippen LogP contribution in [-0.2, 0) is 0 Å². The van der Waals surface area contributed by atoms with Gasteiger partial charge in [-0.05, 0) is 0 Å². The van der Waals surface area contributed by atoms with Gasteiger partial charge in [0, 0.05) is 6.92 Å². The van der Waals surface area contributed by atoms with E-state index in [9.17, 15) is 4.79 Å². The minimum Gasteiger partial charge on any atom is -0.264 e. The smallest absolute Gasteiger partial charge is 0.264 e. The van der Waals surface area contributed by atoms with E-state index >= 15 is 0 Å². The van der Waals surface area contributed by atoms with E-state index in [1.807, 2.05) is 6.07 Å². The molecule has 1 aromatic rings. The van der Waals surface area contributed by atoms with Crippen molar-refractivity contribution in [2.24, 2.45) is 0 Å². The summed E-state index contributed by atoms with van der Waals surface area (Å²) >= 11 is 4.05. The second-order valence-electron chi connectivity index (χ2n) is 1.76. The highest BCUT2D eigenvalue weighted by atomic mass is 33.1. The van der Waals surface area contributed by atoms with E-state index in [-0.39, 0.29) is 11.1 Å². The van der Waals surface area contributed by atoms with Crippen LogP contribution in [-0.4, -0.2) is 4.37 Å². The van der Waals surface area contributed by atoms with Crippen LogP contribution in [0.3, 0.4) is 0 Å². The molecule has 0 bridgehead atoms. The van der Waals surface area contributed by atoms with Crippen molar-refractivity contribution in [1.29, 1.82) is 5.26 Å². The second-order valence-corrected chi connectivity index (χ2v) is 4.24. The van der Waals surface area contributed by atoms with Crippen LogP contribution in [0.15, 0.2) is 4.79 Å². The summed E-state index contributed by atoms with van der Waals surface area (Å²) < 4.78 is 2.52. The minimum atomic E-state index is -0.526. The Morgan fingerprint density at radius 1 is 1.80 bits per heavy atom. The molecule has 0 amide bonds. The van der Waals surface area contributed by atoms with Gasteiger partial charge in [-0.1, -0.05) is 0 Å². The lowest BCUT2D eigenvalue weighted by Gasteiger charge is -1.70. The Kier molecular flexibility index (Phi) is 1.83. The number of nitrogens with one attached hydrogen (secondary N) is 1. The monoisotopic (exact) mass is 173 g/mol. The molecule has 0 saturated carbocycles. The van der Waals surface area contributed by atoms with Gasteiger partial charge in [-0.3, -0.25) is 4.79 Å².